The average Bonchev–Trinajstić information content (AvgIpc) is 2.30. The van der Waals surface area contributed by atoms with Crippen molar-refractivity contribution in [3.63, 3.8) is 0 Å². The lowest BCUT2D eigenvalue weighted by Gasteiger charge is -2.05. The molecule has 0 aliphatic rings. The van der Waals surface area contributed by atoms with Gasteiger partial charge in [0, 0.05) is 12.4 Å². The fourth-order valence-corrected chi connectivity index (χ4v) is 2.61. The van der Waals surface area contributed by atoms with Gasteiger partial charge in [0.1, 0.15) is 16.5 Å². The van der Waals surface area contributed by atoms with Gasteiger partial charge in [-0.25, -0.2) is 12.8 Å². The maximum absolute atomic E-state index is 12.7. The molecule has 4 nitrogen and oxygen atoms in total. The van der Waals surface area contributed by atoms with Crippen LogP contribution < -0.4 is 0 Å². The highest BCUT2D eigenvalue weighted by Crippen LogP contribution is 2.27. The van der Waals surface area contributed by atoms with E-state index in [0.717, 1.165) is 30.5 Å². The molecule has 6 heteroatoms. The number of halogens is 1. The molecule has 1 aromatic carbocycles. The van der Waals surface area contributed by atoms with Crippen LogP contribution in [0.1, 0.15) is 0 Å². The minimum absolute atomic E-state index is 0.0952. The van der Waals surface area contributed by atoms with Crippen LogP contribution >= 0.6 is 0 Å². The van der Waals surface area contributed by atoms with Gasteiger partial charge in [-0.05, 0) is 30.3 Å². The lowest BCUT2D eigenvalue weighted by Crippen LogP contribution is -2.02. The Labute approximate surface area is 97.3 Å². The molecular formula is C11H8FNO3S. The molecule has 0 unspecified atom stereocenters. The Balaban J connectivity index is 2.58. The molecule has 0 spiro atoms. The van der Waals surface area contributed by atoms with Gasteiger partial charge in [0.05, 0.1) is 4.90 Å². The van der Waals surface area contributed by atoms with Gasteiger partial charge in [0.15, 0.2) is 0 Å². The molecule has 2 rings (SSSR count). The summed E-state index contributed by atoms with van der Waals surface area (Å²) in [4.78, 5) is 3.25. The van der Waals surface area contributed by atoms with Crippen LogP contribution in [-0.4, -0.2) is 18.5 Å². The first-order valence-electron chi connectivity index (χ1n) is 4.65. The second-order valence-electron chi connectivity index (χ2n) is 3.30. The summed E-state index contributed by atoms with van der Waals surface area (Å²) in [6, 6.07) is 5.53. The molecule has 2 aromatic rings. The first-order chi connectivity index (χ1) is 8.01. The summed E-state index contributed by atoms with van der Waals surface area (Å²) in [6.07, 6.45) is 2.33. The van der Waals surface area contributed by atoms with Gasteiger partial charge in [-0.2, -0.15) is 0 Å². The molecule has 0 atom stereocenters. The van der Waals surface area contributed by atoms with Gasteiger partial charge in [-0.3, -0.25) is 4.98 Å². The van der Waals surface area contributed by atoms with Crippen molar-refractivity contribution in [2.75, 3.05) is 0 Å². The molecule has 0 fully saturated rings. The average molecular weight is 253 g/mol. The molecule has 0 saturated heterocycles. The minimum atomic E-state index is -3.87. The Kier molecular flexibility index (Phi) is 2.81. The summed E-state index contributed by atoms with van der Waals surface area (Å²) in [6.45, 7) is 0. The van der Waals surface area contributed by atoms with Gasteiger partial charge >= 0.3 is 0 Å². The van der Waals surface area contributed by atoms with Crippen molar-refractivity contribution in [3.05, 3.63) is 48.5 Å². The number of pyridine rings is 1. The highest BCUT2D eigenvalue weighted by atomic mass is 32.2. The Morgan fingerprint density at radius 1 is 1.12 bits per heavy atom. The Morgan fingerprint density at radius 2 is 1.76 bits per heavy atom. The predicted octanol–water partition coefficient (Wildman–Crippen LogP) is 1.76. The van der Waals surface area contributed by atoms with Crippen LogP contribution in [0.25, 0.3) is 0 Å². The molecule has 1 N–H and O–H groups in total. The van der Waals surface area contributed by atoms with E-state index in [1.165, 1.54) is 12.3 Å². The number of rotatable bonds is 2. The third-order valence-corrected chi connectivity index (χ3v) is 3.96. The van der Waals surface area contributed by atoms with Crippen LogP contribution in [0.4, 0.5) is 4.39 Å². The summed E-state index contributed by atoms with van der Waals surface area (Å²) in [5.41, 5.74) is 0. The molecule has 0 aliphatic heterocycles. The lowest BCUT2D eigenvalue weighted by atomic mass is 10.4. The minimum Gasteiger partial charge on any atom is -0.506 e. The number of benzene rings is 1. The number of hydrogen-bond donors (Lipinski definition) is 1. The Hall–Kier alpha value is -1.95. The van der Waals surface area contributed by atoms with Crippen molar-refractivity contribution in [1.29, 1.82) is 0 Å². The van der Waals surface area contributed by atoms with Crippen LogP contribution in [0, 0.1) is 5.82 Å². The third-order valence-electron chi connectivity index (χ3n) is 2.18. The zero-order valence-electron chi connectivity index (χ0n) is 8.54. The topological polar surface area (TPSA) is 67.3 Å². The standard InChI is InChI=1S/C11H8FNO3S/c12-8-1-3-9(4-2-8)17(15,16)11-7-13-6-5-10(11)14/h1-7H,(H,13,14). The SMILES string of the molecule is O=S(=O)(c1ccc(F)cc1)c1cnccc1O. The first kappa shape index (κ1) is 11.5. The predicted molar refractivity (Wildman–Crippen MR) is 57.8 cm³/mol. The van der Waals surface area contributed by atoms with Crippen molar-refractivity contribution >= 4 is 9.84 Å². The largest absolute Gasteiger partial charge is 0.506 e. The Bertz CT molecular complexity index is 638. The summed E-state index contributed by atoms with van der Waals surface area (Å²) in [5.74, 6) is -0.913. The van der Waals surface area contributed by atoms with Crippen molar-refractivity contribution in [1.82, 2.24) is 4.98 Å². The van der Waals surface area contributed by atoms with Crippen molar-refractivity contribution < 1.29 is 17.9 Å². The molecule has 1 aromatic heterocycles. The Morgan fingerprint density at radius 3 is 2.35 bits per heavy atom. The fourth-order valence-electron chi connectivity index (χ4n) is 1.32. The maximum Gasteiger partial charge on any atom is 0.211 e. The third kappa shape index (κ3) is 2.12. The van der Waals surface area contributed by atoms with Gasteiger partial charge in [0.25, 0.3) is 0 Å². The zero-order valence-corrected chi connectivity index (χ0v) is 9.36. The van der Waals surface area contributed by atoms with Gasteiger partial charge < -0.3 is 5.11 Å². The quantitative estimate of drug-likeness (QED) is 0.828. The summed E-state index contributed by atoms with van der Waals surface area (Å²) < 4.78 is 36.8. The molecule has 0 radical (unpaired) electrons. The van der Waals surface area contributed by atoms with E-state index in [0.29, 0.717) is 0 Å². The molecule has 0 amide bonds. The van der Waals surface area contributed by atoms with Crippen molar-refractivity contribution in [3.8, 4) is 5.75 Å². The van der Waals surface area contributed by atoms with E-state index in [4.69, 9.17) is 0 Å². The lowest BCUT2D eigenvalue weighted by molar-refractivity contribution is 0.457. The van der Waals surface area contributed by atoms with Crippen molar-refractivity contribution in [2.24, 2.45) is 0 Å². The van der Waals surface area contributed by atoms with Gasteiger partial charge in [-0.1, -0.05) is 0 Å². The molecular weight excluding hydrogens is 245 g/mol. The van der Waals surface area contributed by atoms with E-state index < -0.39 is 15.7 Å². The zero-order chi connectivity index (χ0) is 12.5. The van der Waals surface area contributed by atoms with Crippen molar-refractivity contribution in [2.45, 2.75) is 9.79 Å². The van der Waals surface area contributed by atoms with E-state index in [-0.39, 0.29) is 15.5 Å². The normalized spacial score (nSPS) is 11.4. The van der Waals surface area contributed by atoms with E-state index in [2.05, 4.69) is 4.98 Å². The number of sulfone groups is 1. The molecule has 0 aliphatic carbocycles. The smallest absolute Gasteiger partial charge is 0.211 e. The van der Waals surface area contributed by atoms with E-state index >= 15 is 0 Å². The number of aromatic nitrogens is 1. The second-order valence-corrected chi connectivity index (χ2v) is 5.22. The van der Waals surface area contributed by atoms with Gasteiger partial charge in [-0.15, -0.1) is 0 Å². The van der Waals surface area contributed by atoms with Crippen LogP contribution in [0.3, 0.4) is 0 Å². The first-order valence-corrected chi connectivity index (χ1v) is 6.14. The van der Waals surface area contributed by atoms with Crippen LogP contribution in [-0.2, 0) is 9.84 Å². The molecule has 0 bridgehead atoms. The molecule has 17 heavy (non-hydrogen) atoms. The fraction of sp³-hybridized carbons (Fsp3) is 0. The van der Waals surface area contributed by atoms with Crippen LogP contribution in [0.2, 0.25) is 0 Å². The highest BCUT2D eigenvalue weighted by Gasteiger charge is 2.21. The van der Waals surface area contributed by atoms with E-state index in [9.17, 15) is 17.9 Å². The van der Waals surface area contributed by atoms with E-state index in [1.807, 2.05) is 0 Å². The van der Waals surface area contributed by atoms with Gasteiger partial charge in [0.2, 0.25) is 9.84 Å². The second kappa shape index (κ2) is 4.14. The summed E-state index contributed by atoms with van der Waals surface area (Å²) in [5, 5.41) is 9.47. The molecule has 88 valence electrons. The highest BCUT2D eigenvalue weighted by molar-refractivity contribution is 7.91. The number of aromatic hydroxyl groups is 1. The monoisotopic (exact) mass is 253 g/mol. The summed E-state index contributed by atoms with van der Waals surface area (Å²) >= 11 is 0. The number of nitrogens with zero attached hydrogens (tertiary/aromatic N) is 1. The number of hydrogen-bond acceptors (Lipinski definition) is 4. The molecule has 1 heterocycles. The summed E-state index contributed by atoms with van der Waals surface area (Å²) in [7, 11) is -3.87. The van der Waals surface area contributed by atoms with E-state index in [1.54, 1.807) is 0 Å². The maximum atomic E-state index is 12.7. The van der Waals surface area contributed by atoms with Crippen LogP contribution in [0.15, 0.2) is 52.5 Å². The molecule has 0 saturated carbocycles. The van der Waals surface area contributed by atoms with Crippen LogP contribution in [0.5, 0.6) is 5.75 Å².